The predicted molar refractivity (Wildman–Crippen MR) is 103 cm³/mol. The molecule has 1 heterocycles. The van der Waals surface area contributed by atoms with E-state index in [2.05, 4.69) is 10.3 Å². The molecule has 0 bridgehead atoms. The maximum Gasteiger partial charge on any atom is 0.251 e. The van der Waals surface area contributed by atoms with Crippen molar-refractivity contribution in [2.75, 3.05) is 13.2 Å². The van der Waals surface area contributed by atoms with Crippen molar-refractivity contribution in [2.45, 2.75) is 13.5 Å². The molecule has 0 atom stereocenters. The lowest BCUT2D eigenvalue weighted by atomic mass is 10.2. The molecular weight excluding hydrogens is 342 g/mol. The second kappa shape index (κ2) is 8.89. The summed E-state index contributed by atoms with van der Waals surface area (Å²) in [6.45, 7) is 3.26. The molecule has 6 nitrogen and oxygen atoms in total. The van der Waals surface area contributed by atoms with E-state index in [0.717, 1.165) is 11.6 Å². The molecule has 3 aromatic rings. The second-order valence-electron chi connectivity index (χ2n) is 6.18. The first-order valence-corrected chi connectivity index (χ1v) is 8.78. The fourth-order valence-corrected chi connectivity index (χ4v) is 2.46. The van der Waals surface area contributed by atoms with Crippen LogP contribution in [-0.4, -0.2) is 28.6 Å². The molecule has 0 saturated carbocycles. The molecule has 1 amide bonds. The fourth-order valence-electron chi connectivity index (χ4n) is 2.46. The molecule has 0 aliphatic heterocycles. The van der Waals surface area contributed by atoms with Crippen molar-refractivity contribution in [3.05, 3.63) is 77.9 Å². The summed E-state index contributed by atoms with van der Waals surface area (Å²) in [7, 11) is 1.92. The number of carbonyl (C=O) groups is 1. The molecule has 3 rings (SSSR count). The summed E-state index contributed by atoms with van der Waals surface area (Å²) in [6.07, 6.45) is 3.60. The standard InChI is InChI=1S/C21H23N3O3/c1-16-3-7-18(8-4-16)26-14-12-23-21(25)17-5-9-19(10-6-17)27-15-20-22-11-13-24(20)2/h3-11,13H,12,14-15H2,1-2H3,(H,23,25). The lowest BCUT2D eigenvalue weighted by molar-refractivity contribution is 0.0947. The Morgan fingerprint density at radius 2 is 1.70 bits per heavy atom. The van der Waals surface area contributed by atoms with Gasteiger partial charge in [0.25, 0.3) is 5.91 Å². The minimum Gasteiger partial charge on any atom is -0.492 e. The van der Waals surface area contributed by atoms with E-state index in [-0.39, 0.29) is 5.91 Å². The summed E-state index contributed by atoms with van der Waals surface area (Å²) in [5.41, 5.74) is 1.76. The molecule has 0 fully saturated rings. The maximum absolute atomic E-state index is 12.2. The number of nitrogens with one attached hydrogen (secondary N) is 1. The minimum atomic E-state index is -0.141. The molecule has 1 aromatic heterocycles. The number of hydrogen-bond donors (Lipinski definition) is 1. The second-order valence-corrected chi connectivity index (χ2v) is 6.18. The molecule has 27 heavy (non-hydrogen) atoms. The number of aromatic nitrogens is 2. The van der Waals surface area contributed by atoms with Gasteiger partial charge in [0, 0.05) is 25.0 Å². The van der Waals surface area contributed by atoms with Crippen molar-refractivity contribution < 1.29 is 14.3 Å². The number of hydrogen-bond acceptors (Lipinski definition) is 4. The van der Waals surface area contributed by atoms with Gasteiger partial charge in [-0.05, 0) is 43.3 Å². The van der Waals surface area contributed by atoms with Gasteiger partial charge in [0.2, 0.25) is 0 Å². The Morgan fingerprint density at radius 3 is 2.37 bits per heavy atom. The highest BCUT2D eigenvalue weighted by Gasteiger charge is 2.06. The molecule has 1 N–H and O–H groups in total. The van der Waals surface area contributed by atoms with E-state index in [4.69, 9.17) is 9.47 Å². The largest absolute Gasteiger partial charge is 0.492 e. The maximum atomic E-state index is 12.2. The average Bonchev–Trinajstić information content (AvgIpc) is 3.10. The molecule has 140 valence electrons. The Morgan fingerprint density at radius 1 is 1.04 bits per heavy atom. The first kappa shape index (κ1) is 18.5. The zero-order valence-electron chi connectivity index (χ0n) is 15.5. The number of amides is 1. The van der Waals surface area contributed by atoms with E-state index in [1.165, 1.54) is 5.56 Å². The van der Waals surface area contributed by atoms with Crippen LogP contribution in [0.1, 0.15) is 21.7 Å². The van der Waals surface area contributed by atoms with Crippen LogP contribution in [-0.2, 0) is 13.7 Å². The van der Waals surface area contributed by atoms with E-state index in [1.807, 2.05) is 49.0 Å². The summed E-state index contributed by atoms with van der Waals surface area (Å²) in [6, 6.07) is 14.9. The number of benzene rings is 2. The number of imidazole rings is 1. The molecule has 0 radical (unpaired) electrons. The predicted octanol–water partition coefficient (Wildman–Crippen LogP) is 3.12. The first-order valence-electron chi connectivity index (χ1n) is 8.78. The molecule has 2 aromatic carbocycles. The van der Waals surface area contributed by atoms with E-state index < -0.39 is 0 Å². The summed E-state index contributed by atoms with van der Waals surface area (Å²) in [5, 5.41) is 2.84. The topological polar surface area (TPSA) is 65.4 Å². The van der Waals surface area contributed by atoms with Crippen molar-refractivity contribution >= 4 is 5.91 Å². The summed E-state index contributed by atoms with van der Waals surface area (Å²) >= 11 is 0. The molecule has 0 aliphatic rings. The number of carbonyl (C=O) groups excluding carboxylic acids is 1. The van der Waals surface area contributed by atoms with Gasteiger partial charge in [-0.2, -0.15) is 0 Å². The van der Waals surface area contributed by atoms with E-state index >= 15 is 0 Å². The van der Waals surface area contributed by atoms with Crippen LogP contribution in [0.2, 0.25) is 0 Å². The van der Waals surface area contributed by atoms with Gasteiger partial charge in [-0.15, -0.1) is 0 Å². The first-order chi connectivity index (χ1) is 13.1. The van der Waals surface area contributed by atoms with Crippen LogP contribution < -0.4 is 14.8 Å². The number of ether oxygens (including phenoxy) is 2. The summed E-state index contributed by atoms with van der Waals surface area (Å²) in [4.78, 5) is 16.4. The molecular formula is C21H23N3O3. The normalized spacial score (nSPS) is 10.4. The molecule has 0 saturated heterocycles. The van der Waals surface area contributed by atoms with E-state index in [9.17, 15) is 4.79 Å². The molecule has 0 unspecified atom stereocenters. The van der Waals surface area contributed by atoms with Gasteiger partial charge in [0.1, 0.15) is 30.5 Å². The molecule has 0 aliphatic carbocycles. The van der Waals surface area contributed by atoms with Gasteiger partial charge in [-0.1, -0.05) is 17.7 Å². The fraction of sp³-hybridized carbons (Fsp3) is 0.238. The lowest BCUT2D eigenvalue weighted by Crippen LogP contribution is -2.28. The summed E-state index contributed by atoms with van der Waals surface area (Å²) in [5.74, 6) is 2.19. The molecule has 0 spiro atoms. The van der Waals surface area contributed by atoms with Crippen LogP contribution in [0, 0.1) is 6.92 Å². The SMILES string of the molecule is Cc1ccc(OCCNC(=O)c2ccc(OCc3nccn3C)cc2)cc1. The zero-order chi connectivity index (χ0) is 19.1. The highest BCUT2D eigenvalue weighted by atomic mass is 16.5. The number of nitrogens with zero attached hydrogens (tertiary/aromatic N) is 2. The lowest BCUT2D eigenvalue weighted by Gasteiger charge is -2.09. The van der Waals surface area contributed by atoms with Gasteiger partial charge in [-0.25, -0.2) is 4.98 Å². The Bertz CT molecular complexity index is 870. The van der Waals surface area contributed by atoms with Crippen LogP contribution in [0.25, 0.3) is 0 Å². The van der Waals surface area contributed by atoms with Gasteiger partial charge in [0.05, 0.1) is 6.54 Å². The highest BCUT2D eigenvalue weighted by Crippen LogP contribution is 2.14. The monoisotopic (exact) mass is 365 g/mol. The molecule has 6 heteroatoms. The van der Waals surface area contributed by atoms with Gasteiger partial charge >= 0.3 is 0 Å². The highest BCUT2D eigenvalue weighted by molar-refractivity contribution is 5.94. The van der Waals surface area contributed by atoms with Crippen LogP contribution in [0.3, 0.4) is 0 Å². The van der Waals surface area contributed by atoms with Crippen molar-refractivity contribution in [3.63, 3.8) is 0 Å². The van der Waals surface area contributed by atoms with Crippen molar-refractivity contribution in [1.82, 2.24) is 14.9 Å². The van der Waals surface area contributed by atoms with Crippen molar-refractivity contribution in [1.29, 1.82) is 0 Å². The summed E-state index contributed by atoms with van der Waals surface area (Å²) < 4.78 is 13.2. The van der Waals surface area contributed by atoms with E-state index in [1.54, 1.807) is 30.5 Å². The van der Waals surface area contributed by atoms with Gasteiger partial charge < -0.3 is 19.4 Å². The smallest absolute Gasteiger partial charge is 0.251 e. The number of aryl methyl sites for hydroxylation is 2. The Balaban J connectivity index is 1.41. The zero-order valence-corrected chi connectivity index (χ0v) is 15.5. The Hall–Kier alpha value is -3.28. The van der Waals surface area contributed by atoms with Crippen LogP contribution >= 0.6 is 0 Å². The number of rotatable bonds is 8. The van der Waals surface area contributed by atoms with Crippen LogP contribution in [0.4, 0.5) is 0 Å². The average molecular weight is 365 g/mol. The third-order valence-electron chi connectivity index (χ3n) is 4.08. The van der Waals surface area contributed by atoms with Crippen molar-refractivity contribution in [2.24, 2.45) is 7.05 Å². The third kappa shape index (κ3) is 5.34. The Kier molecular flexibility index (Phi) is 6.10. The minimum absolute atomic E-state index is 0.141. The van der Waals surface area contributed by atoms with Crippen molar-refractivity contribution in [3.8, 4) is 11.5 Å². The Labute approximate surface area is 158 Å². The van der Waals surface area contributed by atoms with Gasteiger partial charge in [0.15, 0.2) is 0 Å². The third-order valence-corrected chi connectivity index (χ3v) is 4.08. The van der Waals surface area contributed by atoms with Crippen LogP contribution in [0.5, 0.6) is 11.5 Å². The van der Waals surface area contributed by atoms with Gasteiger partial charge in [-0.3, -0.25) is 4.79 Å². The van der Waals surface area contributed by atoms with E-state index in [0.29, 0.717) is 31.1 Å². The quantitative estimate of drug-likeness (QED) is 0.623. The van der Waals surface area contributed by atoms with Crippen LogP contribution in [0.15, 0.2) is 60.9 Å².